The van der Waals surface area contributed by atoms with Crippen LogP contribution in [0, 0.1) is 6.92 Å². The highest BCUT2D eigenvalue weighted by Gasteiger charge is 2.17. The lowest BCUT2D eigenvalue weighted by Crippen LogP contribution is -2.13. The van der Waals surface area contributed by atoms with Crippen molar-refractivity contribution in [3.05, 3.63) is 59.4 Å². The maximum atomic E-state index is 12.4. The summed E-state index contributed by atoms with van der Waals surface area (Å²) in [5, 5.41) is 0. The van der Waals surface area contributed by atoms with E-state index in [1.807, 2.05) is 31.2 Å². The molecule has 0 bridgehead atoms. The second-order valence-electron chi connectivity index (χ2n) is 6.65. The van der Waals surface area contributed by atoms with Gasteiger partial charge < -0.3 is 0 Å². The fraction of sp³-hybridized carbons (Fsp3) is 0.389. The second kappa shape index (κ2) is 6.21. The molecule has 0 fully saturated rings. The minimum Gasteiger partial charge on any atom is -0.261 e. The van der Waals surface area contributed by atoms with Crippen LogP contribution in [0.25, 0.3) is 0 Å². The Morgan fingerprint density at radius 1 is 1.00 bits per heavy atom. The van der Waals surface area contributed by atoms with Crippen molar-refractivity contribution in [1.82, 2.24) is 4.98 Å². The second-order valence-corrected chi connectivity index (χ2v) is 8.76. The third-order valence-corrected chi connectivity index (χ3v) is 5.44. The van der Waals surface area contributed by atoms with Crippen molar-refractivity contribution in [3.8, 4) is 0 Å². The first-order valence-electron chi connectivity index (χ1n) is 7.43. The first-order chi connectivity index (χ1) is 10.2. The molecule has 118 valence electrons. The standard InChI is InChI=1S/C18H23NO2S/c1-14-5-6-15(13-19-14)11-12-22(20,21)17-9-7-16(8-10-17)18(2,3)4/h5-10,13H,11-12H2,1-4H3. The van der Waals surface area contributed by atoms with Crippen LogP contribution in [-0.2, 0) is 21.7 Å². The van der Waals surface area contributed by atoms with E-state index in [1.165, 1.54) is 0 Å². The molecule has 1 heterocycles. The average molecular weight is 317 g/mol. The summed E-state index contributed by atoms with van der Waals surface area (Å²) in [6.45, 7) is 8.25. The molecule has 0 unspecified atom stereocenters. The van der Waals surface area contributed by atoms with Gasteiger partial charge in [-0.25, -0.2) is 8.42 Å². The van der Waals surface area contributed by atoms with Crippen LogP contribution in [0.1, 0.15) is 37.6 Å². The molecule has 0 atom stereocenters. The molecule has 0 N–H and O–H groups in total. The Balaban J connectivity index is 2.11. The van der Waals surface area contributed by atoms with Crippen LogP contribution in [-0.4, -0.2) is 19.2 Å². The van der Waals surface area contributed by atoms with Crippen LogP contribution >= 0.6 is 0 Å². The predicted octanol–water partition coefficient (Wildman–Crippen LogP) is 3.70. The molecular weight excluding hydrogens is 294 g/mol. The summed E-state index contributed by atoms with van der Waals surface area (Å²) in [4.78, 5) is 4.59. The number of benzene rings is 1. The Kier molecular flexibility index (Phi) is 4.71. The number of nitrogens with zero attached hydrogens (tertiary/aromatic N) is 1. The van der Waals surface area contributed by atoms with Crippen LogP contribution in [0.4, 0.5) is 0 Å². The summed E-state index contributed by atoms with van der Waals surface area (Å²) in [6, 6.07) is 11.1. The minimum absolute atomic E-state index is 0.0237. The van der Waals surface area contributed by atoms with E-state index in [4.69, 9.17) is 0 Å². The molecule has 0 saturated heterocycles. The van der Waals surface area contributed by atoms with E-state index >= 15 is 0 Å². The summed E-state index contributed by atoms with van der Waals surface area (Å²) in [5.41, 5.74) is 3.04. The van der Waals surface area contributed by atoms with Gasteiger partial charge in [0.15, 0.2) is 9.84 Å². The Morgan fingerprint density at radius 2 is 1.64 bits per heavy atom. The number of sulfone groups is 1. The number of hydrogen-bond donors (Lipinski definition) is 0. The van der Waals surface area contributed by atoms with E-state index in [9.17, 15) is 8.42 Å². The van der Waals surface area contributed by atoms with Gasteiger partial charge in [0.1, 0.15) is 0 Å². The molecule has 1 aromatic carbocycles. The summed E-state index contributed by atoms with van der Waals surface area (Å²) in [5.74, 6) is 0.104. The lowest BCUT2D eigenvalue weighted by molar-refractivity contribution is 0.586. The quantitative estimate of drug-likeness (QED) is 0.863. The molecule has 0 spiro atoms. The van der Waals surface area contributed by atoms with Crippen molar-refractivity contribution in [2.24, 2.45) is 0 Å². The van der Waals surface area contributed by atoms with Gasteiger partial charge in [0.2, 0.25) is 0 Å². The van der Waals surface area contributed by atoms with Crippen LogP contribution in [0.5, 0.6) is 0 Å². The van der Waals surface area contributed by atoms with Crippen molar-refractivity contribution in [3.63, 3.8) is 0 Å². The normalized spacial score (nSPS) is 12.4. The molecule has 3 nitrogen and oxygen atoms in total. The van der Waals surface area contributed by atoms with Gasteiger partial charge in [0.25, 0.3) is 0 Å². The number of aryl methyl sites for hydroxylation is 2. The van der Waals surface area contributed by atoms with Crippen molar-refractivity contribution in [2.75, 3.05) is 5.75 Å². The number of aromatic nitrogens is 1. The SMILES string of the molecule is Cc1ccc(CCS(=O)(=O)c2ccc(C(C)(C)C)cc2)cn1. The van der Waals surface area contributed by atoms with Gasteiger partial charge in [-0.05, 0) is 48.1 Å². The Labute approximate surface area is 133 Å². The molecule has 0 aliphatic carbocycles. The molecule has 0 amide bonds. The van der Waals surface area contributed by atoms with Gasteiger partial charge in [0.05, 0.1) is 10.6 Å². The van der Waals surface area contributed by atoms with Crippen molar-refractivity contribution >= 4 is 9.84 Å². The molecular formula is C18H23NO2S. The maximum absolute atomic E-state index is 12.4. The van der Waals surface area contributed by atoms with E-state index < -0.39 is 9.84 Å². The molecule has 1 aromatic heterocycles. The van der Waals surface area contributed by atoms with Crippen LogP contribution in [0.15, 0.2) is 47.5 Å². The van der Waals surface area contributed by atoms with E-state index in [-0.39, 0.29) is 11.2 Å². The highest BCUT2D eigenvalue weighted by atomic mass is 32.2. The topological polar surface area (TPSA) is 47.0 Å². The zero-order valence-electron chi connectivity index (χ0n) is 13.6. The van der Waals surface area contributed by atoms with E-state index in [1.54, 1.807) is 18.3 Å². The van der Waals surface area contributed by atoms with E-state index in [2.05, 4.69) is 25.8 Å². The molecule has 0 aliphatic rings. The van der Waals surface area contributed by atoms with Crippen molar-refractivity contribution < 1.29 is 8.42 Å². The number of rotatable bonds is 4. The van der Waals surface area contributed by atoms with Gasteiger partial charge in [0, 0.05) is 11.9 Å². The van der Waals surface area contributed by atoms with Crippen LogP contribution in [0.3, 0.4) is 0 Å². The number of hydrogen-bond acceptors (Lipinski definition) is 3. The van der Waals surface area contributed by atoms with E-state index in [0.717, 1.165) is 16.8 Å². The van der Waals surface area contributed by atoms with Crippen molar-refractivity contribution in [2.45, 2.75) is 44.4 Å². The number of pyridine rings is 1. The zero-order valence-corrected chi connectivity index (χ0v) is 14.4. The fourth-order valence-electron chi connectivity index (χ4n) is 2.18. The summed E-state index contributed by atoms with van der Waals surface area (Å²) in [6.07, 6.45) is 2.23. The summed E-state index contributed by atoms with van der Waals surface area (Å²) < 4.78 is 24.8. The van der Waals surface area contributed by atoms with Gasteiger partial charge in [-0.3, -0.25) is 4.98 Å². The Bertz CT molecular complexity index is 724. The Morgan fingerprint density at radius 3 is 2.14 bits per heavy atom. The maximum Gasteiger partial charge on any atom is 0.178 e. The third-order valence-electron chi connectivity index (χ3n) is 3.71. The molecule has 0 radical (unpaired) electrons. The highest BCUT2D eigenvalue weighted by Crippen LogP contribution is 2.24. The molecule has 4 heteroatoms. The Hall–Kier alpha value is -1.68. The van der Waals surface area contributed by atoms with E-state index in [0.29, 0.717) is 11.3 Å². The van der Waals surface area contributed by atoms with Gasteiger partial charge in [-0.15, -0.1) is 0 Å². The largest absolute Gasteiger partial charge is 0.261 e. The molecule has 0 aliphatic heterocycles. The summed E-state index contributed by atoms with van der Waals surface area (Å²) >= 11 is 0. The summed E-state index contributed by atoms with van der Waals surface area (Å²) in [7, 11) is -3.26. The predicted molar refractivity (Wildman–Crippen MR) is 89.9 cm³/mol. The third kappa shape index (κ3) is 4.17. The fourth-order valence-corrected chi connectivity index (χ4v) is 3.47. The molecule has 22 heavy (non-hydrogen) atoms. The minimum atomic E-state index is -3.26. The first kappa shape index (κ1) is 16.7. The molecule has 0 saturated carbocycles. The molecule has 2 aromatic rings. The van der Waals surface area contributed by atoms with Crippen molar-refractivity contribution in [1.29, 1.82) is 0 Å². The lowest BCUT2D eigenvalue weighted by Gasteiger charge is -2.19. The van der Waals surface area contributed by atoms with Gasteiger partial charge in [-0.2, -0.15) is 0 Å². The first-order valence-corrected chi connectivity index (χ1v) is 9.08. The molecule has 2 rings (SSSR count). The van der Waals surface area contributed by atoms with Gasteiger partial charge in [-0.1, -0.05) is 39.0 Å². The zero-order chi connectivity index (χ0) is 16.4. The highest BCUT2D eigenvalue weighted by molar-refractivity contribution is 7.91. The smallest absolute Gasteiger partial charge is 0.178 e. The monoisotopic (exact) mass is 317 g/mol. The lowest BCUT2D eigenvalue weighted by atomic mass is 9.87. The average Bonchev–Trinajstić information content (AvgIpc) is 2.46. The van der Waals surface area contributed by atoms with Crippen LogP contribution < -0.4 is 0 Å². The van der Waals surface area contributed by atoms with Crippen LogP contribution in [0.2, 0.25) is 0 Å². The van der Waals surface area contributed by atoms with Gasteiger partial charge >= 0.3 is 0 Å².